The van der Waals surface area contributed by atoms with Crippen LogP contribution in [0.5, 0.6) is 0 Å². The summed E-state index contributed by atoms with van der Waals surface area (Å²) in [5.74, 6) is -1.26. The highest BCUT2D eigenvalue weighted by molar-refractivity contribution is 5.98. The second-order valence-electron chi connectivity index (χ2n) is 6.20. The molecule has 0 fully saturated rings. The van der Waals surface area contributed by atoms with E-state index in [1.165, 1.54) is 6.92 Å². The van der Waals surface area contributed by atoms with Crippen LogP contribution in [0.25, 0.3) is 10.8 Å². The van der Waals surface area contributed by atoms with Crippen LogP contribution in [0.4, 0.5) is 0 Å². The summed E-state index contributed by atoms with van der Waals surface area (Å²) in [6.07, 6.45) is 0.479. The monoisotopic (exact) mass is 364 g/mol. The van der Waals surface area contributed by atoms with Crippen molar-refractivity contribution in [2.45, 2.75) is 25.7 Å². The number of rotatable bonds is 6. The Balaban J connectivity index is 1.68. The first-order valence-electron chi connectivity index (χ1n) is 8.59. The summed E-state index contributed by atoms with van der Waals surface area (Å²) < 4.78 is 5.22. The summed E-state index contributed by atoms with van der Waals surface area (Å²) in [5, 5.41) is 14.2. The number of pyridine rings is 1. The Morgan fingerprint density at radius 2 is 1.74 bits per heavy atom. The van der Waals surface area contributed by atoms with Gasteiger partial charge in [-0.1, -0.05) is 54.6 Å². The van der Waals surface area contributed by atoms with Crippen LogP contribution in [0, 0.1) is 0 Å². The van der Waals surface area contributed by atoms with Gasteiger partial charge in [-0.2, -0.15) is 0 Å². The molecule has 0 spiro atoms. The molecule has 1 aromatic heterocycles. The van der Waals surface area contributed by atoms with E-state index in [9.17, 15) is 14.7 Å². The molecule has 0 aliphatic heterocycles. The van der Waals surface area contributed by atoms with Gasteiger partial charge in [0.15, 0.2) is 6.04 Å². The largest absolute Gasteiger partial charge is 0.459 e. The molecule has 1 heterocycles. The fourth-order valence-electron chi connectivity index (χ4n) is 2.62. The van der Waals surface area contributed by atoms with Crippen molar-refractivity contribution < 1.29 is 19.4 Å². The summed E-state index contributed by atoms with van der Waals surface area (Å²) in [6, 6.07) is 17.1. The Hall–Kier alpha value is -3.25. The normalized spacial score (nSPS) is 13.0. The van der Waals surface area contributed by atoms with Gasteiger partial charge in [0.25, 0.3) is 5.91 Å². The van der Waals surface area contributed by atoms with E-state index in [1.807, 2.05) is 54.6 Å². The molecule has 0 bridgehead atoms. The maximum atomic E-state index is 12.5. The SMILES string of the molecule is CC(O)[C@H](NC(=O)c1cc2ccccc2cn1)C(=O)OCc1ccccc1. The molecule has 2 aromatic carbocycles. The van der Waals surface area contributed by atoms with Gasteiger partial charge in [0.05, 0.1) is 6.10 Å². The Morgan fingerprint density at radius 3 is 2.44 bits per heavy atom. The predicted molar refractivity (Wildman–Crippen MR) is 101 cm³/mol. The van der Waals surface area contributed by atoms with Gasteiger partial charge in [-0.25, -0.2) is 4.79 Å². The van der Waals surface area contributed by atoms with E-state index in [2.05, 4.69) is 10.3 Å². The van der Waals surface area contributed by atoms with Crippen molar-refractivity contribution in [1.82, 2.24) is 10.3 Å². The summed E-state index contributed by atoms with van der Waals surface area (Å²) in [4.78, 5) is 28.9. The molecule has 2 N–H and O–H groups in total. The molecule has 0 saturated heterocycles. The smallest absolute Gasteiger partial charge is 0.331 e. The molecular formula is C21H20N2O4. The number of carbonyl (C=O) groups is 2. The van der Waals surface area contributed by atoms with Crippen LogP contribution in [0.3, 0.4) is 0 Å². The van der Waals surface area contributed by atoms with E-state index in [0.717, 1.165) is 16.3 Å². The van der Waals surface area contributed by atoms with Crippen LogP contribution in [0.15, 0.2) is 66.9 Å². The van der Waals surface area contributed by atoms with Crippen LogP contribution in [-0.2, 0) is 16.1 Å². The number of fused-ring (bicyclic) bond motifs is 1. The summed E-state index contributed by atoms with van der Waals surface area (Å²) >= 11 is 0. The summed E-state index contributed by atoms with van der Waals surface area (Å²) in [6.45, 7) is 1.48. The van der Waals surface area contributed by atoms with Crippen LogP contribution in [0.1, 0.15) is 23.0 Å². The average Bonchev–Trinajstić information content (AvgIpc) is 2.70. The number of amides is 1. The molecule has 3 aromatic rings. The molecule has 3 rings (SSSR count). The minimum atomic E-state index is -1.19. The molecule has 0 radical (unpaired) electrons. The molecule has 2 atom stereocenters. The first-order chi connectivity index (χ1) is 13.0. The number of benzene rings is 2. The highest BCUT2D eigenvalue weighted by Gasteiger charge is 2.28. The number of ether oxygens (including phenoxy) is 1. The van der Waals surface area contributed by atoms with E-state index in [1.54, 1.807) is 12.3 Å². The van der Waals surface area contributed by atoms with Gasteiger partial charge in [-0.3, -0.25) is 9.78 Å². The van der Waals surface area contributed by atoms with Crippen LogP contribution >= 0.6 is 0 Å². The Bertz CT molecular complexity index is 941. The molecule has 0 saturated carbocycles. The van der Waals surface area contributed by atoms with Crippen LogP contribution < -0.4 is 5.32 Å². The fraction of sp³-hybridized carbons (Fsp3) is 0.190. The van der Waals surface area contributed by atoms with Crippen molar-refractivity contribution >= 4 is 22.6 Å². The quantitative estimate of drug-likeness (QED) is 0.656. The van der Waals surface area contributed by atoms with E-state index >= 15 is 0 Å². The van der Waals surface area contributed by atoms with Gasteiger partial charge < -0.3 is 15.2 Å². The molecular weight excluding hydrogens is 344 g/mol. The number of nitrogens with zero attached hydrogens (tertiary/aromatic N) is 1. The third kappa shape index (κ3) is 4.68. The summed E-state index contributed by atoms with van der Waals surface area (Å²) in [5.41, 5.74) is 0.980. The summed E-state index contributed by atoms with van der Waals surface area (Å²) in [7, 11) is 0. The van der Waals surface area contributed by atoms with Gasteiger partial charge in [-0.05, 0) is 23.9 Å². The lowest BCUT2D eigenvalue weighted by molar-refractivity contribution is -0.150. The molecule has 138 valence electrons. The van der Waals surface area contributed by atoms with Crippen molar-refractivity contribution in [1.29, 1.82) is 0 Å². The molecule has 27 heavy (non-hydrogen) atoms. The van der Waals surface area contributed by atoms with Gasteiger partial charge in [-0.15, -0.1) is 0 Å². The minimum Gasteiger partial charge on any atom is -0.459 e. The van der Waals surface area contributed by atoms with Crippen molar-refractivity contribution in [3.05, 3.63) is 78.1 Å². The topological polar surface area (TPSA) is 88.5 Å². The highest BCUT2D eigenvalue weighted by atomic mass is 16.5. The number of aliphatic hydroxyl groups excluding tert-OH is 1. The number of nitrogens with one attached hydrogen (secondary N) is 1. The van der Waals surface area contributed by atoms with E-state index in [0.29, 0.717) is 0 Å². The lowest BCUT2D eigenvalue weighted by Gasteiger charge is -2.20. The van der Waals surface area contributed by atoms with E-state index in [4.69, 9.17) is 4.74 Å². The molecule has 6 heteroatoms. The zero-order valence-corrected chi connectivity index (χ0v) is 14.8. The van der Waals surface area contributed by atoms with Crippen LogP contribution in [0.2, 0.25) is 0 Å². The standard InChI is InChI=1S/C21H20N2O4/c1-14(24)19(21(26)27-13-15-7-3-2-4-8-15)23-20(25)18-11-16-9-5-6-10-17(16)12-22-18/h2-12,14,19,24H,13H2,1H3,(H,23,25)/t14?,19-/m0/s1. The number of carbonyl (C=O) groups excluding carboxylic acids is 2. The zero-order chi connectivity index (χ0) is 19.2. The predicted octanol–water partition coefficient (Wildman–Crippen LogP) is 2.46. The fourth-order valence-corrected chi connectivity index (χ4v) is 2.62. The first-order valence-corrected chi connectivity index (χ1v) is 8.59. The molecule has 1 unspecified atom stereocenters. The molecule has 0 aliphatic rings. The Labute approximate surface area is 156 Å². The third-order valence-corrected chi connectivity index (χ3v) is 4.11. The minimum absolute atomic E-state index is 0.0625. The lowest BCUT2D eigenvalue weighted by atomic mass is 10.1. The number of aromatic nitrogens is 1. The molecule has 0 aliphatic carbocycles. The Morgan fingerprint density at radius 1 is 1.07 bits per heavy atom. The molecule has 1 amide bonds. The number of esters is 1. The van der Waals surface area contributed by atoms with Crippen molar-refractivity contribution in [2.24, 2.45) is 0 Å². The van der Waals surface area contributed by atoms with Crippen molar-refractivity contribution in [2.75, 3.05) is 0 Å². The van der Waals surface area contributed by atoms with Gasteiger partial charge in [0.2, 0.25) is 0 Å². The van der Waals surface area contributed by atoms with Crippen molar-refractivity contribution in [3.8, 4) is 0 Å². The molecule has 6 nitrogen and oxygen atoms in total. The van der Waals surface area contributed by atoms with Gasteiger partial charge in [0.1, 0.15) is 12.3 Å². The number of aliphatic hydroxyl groups is 1. The van der Waals surface area contributed by atoms with Crippen LogP contribution in [-0.4, -0.2) is 34.1 Å². The lowest BCUT2D eigenvalue weighted by Crippen LogP contribution is -2.48. The van der Waals surface area contributed by atoms with E-state index < -0.39 is 24.0 Å². The number of hydrogen-bond acceptors (Lipinski definition) is 5. The highest BCUT2D eigenvalue weighted by Crippen LogP contribution is 2.13. The third-order valence-electron chi connectivity index (χ3n) is 4.11. The van der Waals surface area contributed by atoms with E-state index in [-0.39, 0.29) is 12.3 Å². The van der Waals surface area contributed by atoms with Gasteiger partial charge >= 0.3 is 5.97 Å². The van der Waals surface area contributed by atoms with Gasteiger partial charge in [0, 0.05) is 11.6 Å². The first kappa shape index (κ1) is 18.5. The second-order valence-corrected chi connectivity index (χ2v) is 6.20. The maximum Gasteiger partial charge on any atom is 0.331 e. The second kappa shape index (κ2) is 8.42. The maximum absolute atomic E-state index is 12.5. The average molecular weight is 364 g/mol. The number of hydrogen-bond donors (Lipinski definition) is 2. The Kier molecular flexibility index (Phi) is 5.78. The zero-order valence-electron chi connectivity index (χ0n) is 14.8. The van der Waals surface area contributed by atoms with Crippen molar-refractivity contribution in [3.63, 3.8) is 0 Å².